The summed E-state index contributed by atoms with van der Waals surface area (Å²) < 4.78 is 45.1. The van der Waals surface area contributed by atoms with E-state index in [1.807, 2.05) is 0 Å². The largest absolute Gasteiger partial charge is 0.471 e. The summed E-state index contributed by atoms with van der Waals surface area (Å²) in [5.41, 5.74) is 0.152. The zero-order chi connectivity index (χ0) is 36.3. The Morgan fingerprint density at radius 3 is 1.34 bits per heavy atom. The van der Waals surface area contributed by atoms with E-state index in [1.54, 1.807) is 0 Å². The van der Waals surface area contributed by atoms with Gasteiger partial charge in [-0.15, -0.1) is 13.2 Å². The molecule has 0 aromatic carbocycles. The standard InChI is InChI=1S/C32H44O18/c1-3-13-15-5-7-43-28(42)18-12-46-30(50-32-26(40)24(38)22(36)20(10-34)48-32)14(4-2)16(18)6-8-44-27(41)17(15)11-45-29(13)49-31-25(39)23(37)21(35)19(9-33)47-31/h3-4,11-16,19-26,29-40H,1-2,5-10H2. The van der Waals surface area contributed by atoms with Gasteiger partial charge in [0, 0.05) is 23.7 Å². The first-order valence-corrected chi connectivity index (χ1v) is 16.2. The Labute approximate surface area is 286 Å². The lowest BCUT2D eigenvalue weighted by Crippen LogP contribution is -2.60. The van der Waals surface area contributed by atoms with Crippen LogP contribution in [0.4, 0.5) is 0 Å². The highest BCUT2D eigenvalue weighted by Crippen LogP contribution is 2.40. The van der Waals surface area contributed by atoms with Gasteiger partial charge in [0.1, 0.15) is 48.8 Å². The molecule has 3 fully saturated rings. The second kappa shape index (κ2) is 16.6. The number of hydrogen-bond donors (Lipinski definition) is 8. The zero-order valence-corrected chi connectivity index (χ0v) is 26.9. The highest BCUT2D eigenvalue weighted by molar-refractivity contribution is 5.90. The van der Waals surface area contributed by atoms with Crippen molar-refractivity contribution in [1.29, 1.82) is 0 Å². The lowest BCUT2D eigenvalue weighted by molar-refractivity contribution is -0.339. The Morgan fingerprint density at radius 2 is 1.00 bits per heavy atom. The van der Waals surface area contributed by atoms with E-state index >= 15 is 0 Å². The fraction of sp³-hybridized carbons (Fsp3) is 0.688. The van der Waals surface area contributed by atoms with Crippen molar-refractivity contribution in [3.8, 4) is 0 Å². The Kier molecular flexibility index (Phi) is 12.7. The topological polar surface area (TPSA) is 270 Å². The number of carbonyl (C=O) groups excluding carboxylic acids is 2. The molecule has 0 aromatic rings. The van der Waals surface area contributed by atoms with Crippen LogP contribution < -0.4 is 0 Å². The molecule has 0 aliphatic carbocycles. The average Bonchev–Trinajstić information content (AvgIpc) is 3.11. The fourth-order valence-electron chi connectivity index (χ4n) is 6.67. The van der Waals surface area contributed by atoms with Crippen LogP contribution in [0.3, 0.4) is 0 Å². The van der Waals surface area contributed by atoms with Gasteiger partial charge in [0.15, 0.2) is 12.6 Å². The maximum Gasteiger partial charge on any atom is 0.337 e. The van der Waals surface area contributed by atoms with E-state index < -0.39 is 123 Å². The summed E-state index contributed by atoms with van der Waals surface area (Å²) in [6, 6.07) is 0. The van der Waals surface area contributed by atoms with Crippen LogP contribution in [0.15, 0.2) is 49.0 Å². The van der Waals surface area contributed by atoms with Gasteiger partial charge in [-0.25, -0.2) is 9.59 Å². The molecule has 18 nitrogen and oxygen atoms in total. The van der Waals surface area contributed by atoms with Crippen molar-refractivity contribution in [2.75, 3.05) is 26.4 Å². The van der Waals surface area contributed by atoms with Crippen molar-refractivity contribution < 1.29 is 88.3 Å². The van der Waals surface area contributed by atoms with Crippen molar-refractivity contribution in [2.24, 2.45) is 23.7 Å². The Bertz CT molecular complexity index is 1190. The van der Waals surface area contributed by atoms with E-state index in [2.05, 4.69) is 13.2 Å². The summed E-state index contributed by atoms with van der Waals surface area (Å²) in [7, 11) is 0. The molecule has 5 rings (SSSR count). The first-order valence-electron chi connectivity index (χ1n) is 16.2. The lowest BCUT2D eigenvalue weighted by Gasteiger charge is -2.43. The van der Waals surface area contributed by atoms with Gasteiger partial charge in [0.25, 0.3) is 0 Å². The average molecular weight is 717 g/mol. The van der Waals surface area contributed by atoms with Gasteiger partial charge in [0.2, 0.25) is 12.6 Å². The summed E-state index contributed by atoms with van der Waals surface area (Å²) in [6.07, 6.45) is -12.8. The Hall–Kier alpha value is -2.98. The Balaban J connectivity index is 1.30. The Morgan fingerprint density at radius 1 is 0.620 bits per heavy atom. The van der Waals surface area contributed by atoms with E-state index in [-0.39, 0.29) is 37.2 Å². The summed E-state index contributed by atoms with van der Waals surface area (Å²) in [5.74, 6) is -4.57. The van der Waals surface area contributed by atoms with Crippen molar-refractivity contribution in [2.45, 2.75) is 86.8 Å². The normalized spacial score (nSPS) is 44.2. The monoisotopic (exact) mass is 716 g/mol. The van der Waals surface area contributed by atoms with Crippen LogP contribution in [-0.4, -0.2) is 153 Å². The number of ether oxygens (including phenoxy) is 8. The second-order valence-corrected chi connectivity index (χ2v) is 12.5. The van der Waals surface area contributed by atoms with Gasteiger partial charge in [-0.05, 0) is 12.8 Å². The molecule has 8 N–H and O–H groups in total. The van der Waals surface area contributed by atoms with Crippen LogP contribution in [0.5, 0.6) is 0 Å². The lowest BCUT2D eigenvalue weighted by atomic mass is 9.81. The molecule has 0 saturated carbocycles. The third-order valence-corrected chi connectivity index (χ3v) is 9.59. The molecule has 0 amide bonds. The summed E-state index contributed by atoms with van der Waals surface area (Å²) in [5, 5.41) is 80.5. The number of cyclic esters (lactones) is 2. The molecule has 16 atom stereocenters. The molecule has 280 valence electrons. The maximum absolute atomic E-state index is 13.4. The van der Waals surface area contributed by atoms with E-state index in [0.29, 0.717) is 0 Å². The molecule has 5 aliphatic rings. The van der Waals surface area contributed by atoms with E-state index in [0.717, 1.165) is 12.5 Å². The van der Waals surface area contributed by atoms with E-state index in [1.165, 1.54) is 12.2 Å². The van der Waals surface area contributed by atoms with Gasteiger partial charge >= 0.3 is 11.9 Å². The van der Waals surface area contributed by atoms with Crippen LogP contribution in [0.2, 0.25) is 0 Å². The highest BCUT2D eigenvalue weighted by atomic mass is 16.8. The fourth-order valence-corrected chi connectivity index (χ4v) is 6.67. The van der Waals surface area contributed by atoms with Crippen molar-refractivity contribution in [3.63, 3.8) is 0 Å². The molecule has 0 spiro atoms. The minimum atomic E-state index is -1.71. The molecule has 3 saturated heterocycles. The first kappa shape index (κ1) is 38.3. The van der Waals surface area contributed by atoms with Gasteiger partial charge in [-0.3, -0.25) is 0 Å². The number of aliphatic hydroxyl groups is 8. The molecule has 18 heteroatoms. The van der Waals surface area contributed by atoms with Crippen LogP contribution in [0.1, 0.15) is 12.8 Å². The third-order valence-electron chi connectivity index (χ3n) is 9.59. The number of hydrogen-bond acceptors (Lipinski definition) is 18. The van der Waals surface area contributed by atoms with Crippen molar-refractivity contribution in [3.05, 3.63) is 49.0 Å². The molecule has 50 heavy (non-hydrogen) atoms. The highest BCUT2D eigenvalue weighted by Gasteiger charge is 2.49. The third kappa shape index (κ3) is 7.62. The zero-order valence-electron chi connectivity index (χ0n) is 26.9. The molecule has 5 aliphatic heterocycles. The van der Waals surface area contributed by atoms with Gasteiger partial charge in [0.05, 0.1) is 50.1 Å². The van der Waals surface area contributed by atoms with E-state index in [4.69, 9.17) is 37.9 Å². The number of carbonyl (C=O) groups is 2. The molecule has 5 heterocycles. The summed E-state index contributed by atoms with van der Waals surface area (Å²) in [6.45, 7) is 5.87. The van der Waals surface area contributed by atoms with Crippen molar-refractivity contribution >= 4 is 11.9 Å². The molecule has 0 bridgehead atoms. The molecular formula is C32H44O18. The van der Waals surface area contributed by atoms with Gasteiger partial charge in [-0.2, -0.15) is 0 Å². The predicted octanol–water partition coefficient (Wildman–Crippen LogP) is -3.18. The summed E-state index contributed by atoms with van der Waals surface area (Å²) >= 11 is 0. The van der Waals surface area contributed by atoms with Gasteiger partial charge in [-0.1, -0.05) is 12.2 Å². The SMILES string of the molecule is C=CC1C(OC2OC(CO)C(O)C(O)C2O)OC=C2C(=O)OCCC3C(=COC(OC4OC(CO)C(O)C(O)C4O)C3C=C)C(=O)OCCC21. The van der Waals surface area contributed by atoms with Crippen LogP contribution >= 0.6 is 0 Å². The maximum atomic E-state index is 13.4. The minimum absolute atomic E-state index is 0.0494. The van der Waals surface area contributed by atoms with Crippen LogP contribution in [0.25, 0.3) is 0 Å². The summed E-state index contributed by atoms with van der Waals surface area (Å²) in [4.78, 5) is 26.8. The minimum Gasteiger partial charge on any atom is -0.471 e. The molecule has 0 aromatic heterocycles. The predicted molar refractivity (Wildman–Crippen MR) is 161 cm³/mol. The number of esters is 2. The molecular weight excluding hydrogens is 672 g/mol. The second-order valence-electron chi connectivity index (χ2n) is 12.5. The van der Waals surface area contributed by atoms with Gasteiger partial charge < -0.3 is 78.7 Å². The number of fused-ring (bicyclic) bond motifs is 2. The molecule has 16 unspecified atom stereocenters. The number of aliphatic hydroxyl groups excluding tert-OH is 8. The number of rotatable bonds is 8. The van der Waals surface area contributed by atoms with Crippen molar-refractivity contribution in [1.82, 2.24) is 0 Å². The van der Waals surface area contributed by atoms with E-state index in [9.17, 15) is 50.4 Å². The van der Waals surface area contributed by atoms with Crippen LogP contribution in [0, 0.1) is 23.7 Å². The quantitative estimate of drug-likeness (QED) is 0.0908. The first-order chi connectivity index (χ1) is 23.9. The smallest absolute Gasteiger partial charge is 0.337 e. The molecule has 0 radical (unpaired) electrons. The van der Waals surface area contributed by atoms with Crippen LogP contribution in [-0.2, 0) is 47.5 Å².